The van der Waals surface area contributed by atoms with Gasteiger partial charge in [0.05, 0.1) is 5.92 Å². The molecule has 0 amide bonds. The molecule has 1 rings (SSSR count). The van der Waals surface area contributed by atoms with E-state index in [1.807, 2.05) is 0 Å². The van der Waals surface area contributed by atoms with Gasteiger partial charge in [-0.25, -0.2) is 4.39 Å². The highest BCUT2D eigenvalue weighted by Crippen LogP contribution is 2.43. The molecule has 0 bridgehead atoms. The second-order valence-electron chi connectivity index (χ2n) is 3.72. The summed E-state index contributed by atoms with van der Waals surface area (Å²) in [5.74, 6) is -1.73. The van der Waals surface area contributed by atoms with Crippen molar-refractivity contribution in [2.45, 2.75) is 32.4 Å². The fourth-order valence-corrected chi connectivity index (χ4v) is 1.49. The molecule has 0 saturated heterocycles. The average molecular weight is 160 g/mol. The highest BCUT2D eigenvalue weighted by Gasteiger charge is 2.46. The topological polar surface area (TPSA) is 37.3 Å². The Morgan fingerprint density at radius 1 is 1.64 bits per heavy atom. The molecule has 0 spiro atoms. The van der Waals surface area contributed by atoms with Crippen LogP contribution in [0.25, 0.3) is 0 Å². The molecule has 1 aliphatic rings. The first-order valence-electron chi connectivity index (χ1n) is 3.84. The quantitative estimate of drug-likeness (QED) is 0.684. The van der Waals surface area contributed by atoms with Crippen LogP contribution in [0.15, 0.2) is 0 Å². The van der Waals surface area contributed by atoms with Gasteiger partial charge in [-0.15, -0.1) is 0 Å². The molecule has 0 aromatic carbocycles. The van der Waals surface area contributed by atoms with Crippen LogP contribution in [0.3, 0.4) is 0 Å². The van der Waals surface area contributed by atoms with E-state index in [1.54, 1.807) is 0 Å². The zero-order chi connectivity index (χ0) is 8.65. The molecule has 0 aromatic rings. The third-order valence-electron chi connectivity index (χ3n) is 2.10. The molecule has 0 aromatic heterocycles. The van der Waals surface area contributed by atoms with Crippen LogP contribution in [0, 0.1) is 11.8 Å². The van der Waals surface area contributed by atoms with Gasteiger partial charge in [-0.1, -0.05) is 0 Å². The van der Waals surface area contributed by atoms with E-state index in [2.05, 4.69) is 0 Å². The van der Waals surface area contributed by atoms with Crippen molar-refractivity contribution in [3.05, 3.63) is 0 Å². The molecule has 1 fully saturated rings. The summed E-state index contributed by atoms with van der Waals surface area (Å²) >= 11 is 0. The Bertz CT molecular complexity index is 167. The second-order valence-corrected chi connectivity index (χ2v) is 3.72. The standard InChI is InChI=1S/C8H13FO2/c1-8(2,9)6(7(10)11)5-3-4-5/h5-6H,3-4H2,1-2H3,(H,10,11). The molecular formula is C8H13FO2. The lowest BCUT2D eigenvalue weighted by molar-refractivity contribution is -0.147. The van der Waals surface area contributed by atoms with E-state index in [0.717, 1.165) is 12.8 Å². The van der Waals surface area contributed by atoms with E-state index in [1.165, 1.54) is 13.8 Å². The normalized spacial score (nSPS) is 21.4. The summed E-state index contributed by atoms with van der Waals surface area (Å²) in [6, 6.07) is 0. The number of hydrogen-bond acceptors (Lipinski definition) is 1. The molecule has 0 heterocycles. The minimum absolute atomic E-state index is 0.0764. The highest BCUT2D eigenvalue weighted by molar-refractivity contribution is 5.72. The van der Waals surface area contributed by atoms with Crippen LogP contribution in [0.4, 0.5) is 4.39 Å². The molecule has 11 heavy (non-hydrogen) atoms. The van der Waals surface area contributed by atoms with Gasteiger partial charge in [-0.05, 0) is 32.6 Å². The summed E-state index contributed by atoms with van der Waals surface area (Å²) in [4.78, 5) is 10.6. The van der Waals surface area contributed by atoms with Crippen LogP contribution >= 0.6 is 0 Å². The van der Waals surface area contributed by atoms with Crippen LogP contribution in [-0.2, 0) is 4.79 Å². The van der Waals surface area contributed by atoms with Gasteiger partial charge in [0.2, 0.25) is 0 Å². The third kappa shape index (κ3) is 1.91. The molecule has 1 N–H and O–H groups in total. The molecule has 1 atom stereocenters. The zero-order valence-electron chi connectivity index (χ0n) is 6.80. The van der Waals surface area contributed by atoms with Gasteiger partial charge < -0.3 is 5.11 Å². The molecule has 0 aliphatic heterocycles. The van der Waals surface area contributed by atoms with Crippen LogP contribution < -0.4 is 0 Å². The Hall–Kier alpha value is -0.600. The average Bonchev–Trinajstić information content (AvgIpc) is 2.42. The minimum atomic E-state index is -1.58. The van der Waals surface area contributed by atoms with Gasteiger partial charge in [0.1, 0.15) is 5.67 Å². The van der Waals surface area contributed by atoms with Gasteiger partial charge in [0.15, 0.2) is 0 Å². The van der Waals surface area contributed by atoms with Crippen molar-refractivity contribution in [2.75, 3.05) is 0 Å². The Morgan fingerprint density at radius 3 is 2.18 bits per heavy atom. The summed E-state index contributed by atoms with van der Waals surface area (Å²) in [7, 11) is 0. The van der Waals surface area contributed by atoms with Crippen molar-refractivity contribution >= 4 is 5.97 Å². The summed E-state index contributed by atoms with van der Waals surface area (Å²) in [5.41, 5.74) is -1.58. The first-order chi connectivity index (χ1) is 4.93. The molecular weight excluding hydrogens is 147 g/mol. The fourth-order valence-electron chi connectivity index (χ4n) is 1.49. The van der Waals surface area contributed by atoms with Crippen molar-refractivity contribution in [3.8, 4) is 0 Å². The number of hydrogen-bond donors (Lipinski definition) is 1. The Kier molecular flexibility index (Phi) is 1.90. The van der Waals surface area contributed by atoms with Crippen molar-refractivity contribution in [1.82, 2.24) is 0 Å². The number of alkyl halides is 1. The summed E-state index contributed by atoms with van der Waals surface area (Å²) in [6.45, 7) is 2.67. The van der Waals surface area contributed by atoms with E-state index in [4.69, 9.17) is 5.11 Å². The maximum Gasteiger partial charge on any atom is 0.310 e. The lowest BCUT2D eigenvalue weighted by Gasteiger charge is -2.22. The van der Waals surface area contributed by atoms with Crippen LogP contribution in [-0.4, -0.2) is 16.7 Å². The largest absolute Gasteiger partial charge is 0.481 e. The third-order valence-corrected chi connectivity index (χ3v) is 2.10. The number of rotatable bonds is 3. The molecule has 64 valence electrons. The maximum atomic E-state index is 13.2. The number of carboxylic acids is 1. The number of carboxylic acid groups (broad SMARTS) is 1. The van der Waals surface area contributed by atoms with E-state index in [0.29, 0.717) is 0 Å². The van der Waals surface area contributed by atoms with E-state index in [9.17, 15) is 9.18 Å². The predicted octanol–water partition coefficient (Wildman–Crippen LogP) is 1.85. The molecule has 3 heteroatoms. The van der Waals surface area contributed by atoms with Crippen LogP contribution in [0.2, 0.25) is 0 Å². The monoisotopic (exact) mass is 160 g/mol. The van der Waals surface area contributed by atoms with Gasteiger partial charge in [-0.2, -0.15) is 0 Å². The number of halogens is 1. The van der Waals surface area contributed by atoms with Gasteiger partial charge in [0, 0.05) is 0 Å². The molecule has 1 unspecified atom stereocenters. The van der Waals surface area contributed by atoms with Gasteiger partial charge in [-0.3, -0.25) is 4.79 Å². The molecule has 0 radical (unpaired) electrons. The van der Waals surface area contributed by atoms with E-state index >= 15 is 0 Å². The SMILES string of the molecule is CC(C)(F)C(C(=O)O)C1CC1. The number of carbonyl (C=O) groups is 1. The fraction of sp³-hybridized carbons (Fsp3) is 0.875. The first-order valence-corrected chi connectivity index (χ1v) is 3.84. The van der Waals surface area contributed by atoms with Crippen LogP contribution in [0.1, 0.15) is 26.7 Å². The smallest absolute Gasteiger partial charge is 0.310 e. The van der Waals surface area contributed by atoms with Gasteiger partial charge in [0.25, 0.3) is 0 Å². The van der Waals surface area contributed by atoms with Gasteiger partial charge >= 0.3 is 5.97 Å². The molecule has 1 saturated carbocycles. The summed E-state index contributed by atoms with van der Waals surface area (Å²) in [6.07, 6.45) is 1.73. The number of aliphatic carboxylic acids is 1. The Morgan fingerprint density at radius 2 is 2.09 bits per heavy atom. The summed E-state index contributed by atoms with van der Waals surface area (Å²) in [5, 5.41) is 8.68. The predicted molar refractivity (Wildman–Crippen MR) is 39.0 cm³/mol. The molecule has 2 nitrogen and oxygen atoms in total. The van der Waals surface area contributed by atoms with E-state index in [-0.39, 0.29) is 5.92 Å². The minimum Gasteiger partial charge on any atom is -0.481 e. The van der Waals surface area contributed by atoms with Crippen molar-refractivity contribution in [3.63, 3.8) is 0 Å². The zero-order valence-corrected chi connectivity index (χ0v) is 6.80. The van der Waals surface area contributed by atoms with Crippen molar-refractivity contribution in [2.24, 2.45) is 11.8 Å². The summed E-state index contributed by atoms with van der Waals surface area (Å²) < 4.78 is 13.2. The lowest BCUT2D eigenvalue weighted by Crippen LogP contribution is -2.34. The Labute approximate surface area is 65.4 Å². The Balaban J connectivity index is 2.66. The van der Waals surface area contributed by atoms with Crippen molar-refractivity contribution < 1.29 is 14.3 Å². The van der Waals surface area contributed by atoms with Crippen molar-refractivity contribution in [1.29, 1.82) is 0 Å². The van der Waals surface area contributed by atoms with E-state index < -0.39 is 17.6 Å². The van der Waals surface area contributed by atoms with Crippen LogP contribution in [0.5, 0.6) is 0 Å². The maximum absolute atomic E-state index is 13.2. The second kappa shape index (κ2) is 2.47. The highest BCUT2D eigenvalue weighted by atomic mass is 19.1. The first kappa shape index (κ1) is 8.50. The molecule has 1 aliphatic carbocycles. The lowest BCUT2D eigenvalue weighted by atomic mass is 9.88.